The first-order valence-corrected chi connectivity index (χ1v) is 13.2. The number of ether oxygens (including phenoxy) is 1. The standard InChI is InChI=1S/C27H32N6O3S/c1-14-5-7-17(8-6-14)15(2)29-27-30-16(3)22(26-32-20-12-28-10-9-21(20)37-26)25(33-27)31-19-11-18(13-34)23(35)24(19)36-4/h5-10,12,15,18-19,23-24,34-35H,11,13H2,1-4H3,(H2,29,30,31,33)/t15-,18-,19?,23-,24+/m1/s1. The maximum atomic E-state index is 10.7. The van der Waals surface area contributed by atoms with Gasteiger partial charge in [-0.2, -0.15) is 4.98 Å². The number of aryl methyl sites for hydroxylation is 2. The van der Waals surface area contributed by atoms with E-state index in [2.05, 4.69) is 53.7 Å². The Morgan fingerprint density at radius 3 is 2.62 bits per heavy atom. The molecule has 4 N–H and O–H groups in total. The van der Waals surface area contributed by atoms with Crippen molar-refractivity contribution in [3.8, 4) is 10.6 Å². The largest absolute Gasteiger partial charge is 0.396 e. The lowest BCUT2D eigenvalue weighted by Gasteiger charge is -2.24. The van der Waals surface area contributed by atoms with E-state index in [4.69, 9.17) is 19.7 Å². The first-order chi connectivity index (χ1) is 17.9. The van der Waals surface area contributed by atoms with Crippen molar-refractivity contribution < 1.29 is 14.9 Å². The van der Waals surface area contributed by atoms with E-state index in [0.717, 1.165) is 32.0 Å². The van der Waals surface area contributed by atoms with Gasteiger partial charge in [0, 0.05) is 25.8 Å². The van der Waals surface area contributed by atoms with Gasteiger partial charge in [0.25, 0.3) is 0 Å². The number of nitrogens with one attached hydrogen (secondary N) is 2. The number of aliphatic hydroxyl groups excluding tert-OH is 2. The van der Waals surface area contributed by atoms with Gasteiger partial charge in [0.15, 0.2) is 0 Å². The number of fused-ring (bicyclic) bond motifs is 1. The Kier molecular flexibility index (Phi) is 7.34. The number of thiazole rings is 1. The van der Waals surface area contributed by atoms with Gasteiger partial charge in [-0.05, 0) is 38.8 Å². The van der Waals surface area contributed by atoms with Crippen LogP contribution in [0, 0.1) is 19.8 Å². The van der Waals surface area contributed by atoms with Crippen molar-refractivity contribution in [3.05, 3.63) is 59.5 Å². The summed E-state index contributed by atoms with van der Waals surface area (Å²) >= 11 is 1.55. The van der Waals surface area contributed by atoms with Crippen molar-refractivity contribution in [1.29, 1.82) is 0 Å². The highest BCUT2D eigenvalue weighted by Crippen LogP contribution is 2.38. The molecule has 1 aliphatic rings. The summed E-state index contributed by atoms with van der Waals surface area (Å²) in [5.41, 5.74) is 4.72. The van der Waals surface area contributed by atoms with Gasteiger partial charge in [-0.3, -0.25) is 4.98 Å². The SMILES string of the molecule is CO[C@H]1C(Nc2nc(N[C@H](C)c3ccc(C)cc3)nc(C)c2-c2nc3cnccc3s2)C[C@H](CO)[C@H]1O. The molecule has 1 fully saturated rings. The summed E-state index contributed by atoms with van der Waals surface area (Å²) in [5, 5.41) is 28.2. The smallest absolute Gasteiger partial charge is 0.225 e. The van der Waals surface area contributed by atoms with E-state index in [1.54, 1.807) is 30.8 Å². The molecule has 0 radical (unpaired) electrons. The average Bonchev–Trinajstić information content (AvgIpc) is 3.44. The number of nitrogens with zero attached hydrogens (tertiary/aromatic N) is 4. The molecule has 0 amide bonds. The third-order valence-electron chi connectivity index (χ3n) is 7.02. The monoisotopic (exact) mass is 520 g/mol. The first-order valence-electron chi connectivity index (χ1n) is 12.4. The number of hydrogen-bond donors (Lipinski definition) is 4. The zero-order valence-electron chi connectivity index (χ0n) is 21.3. The van der Waals surface area contributed by atoms with E-state index in [1.807, 2.05) is 13.0 Å². The molecule has 0 bridgehead atoms. The van der Waals surface area contributed by atoms with E-state index < -0.39 is 12.2 Å². The van der Waals surface area contributed by atoms with Crippen LogP contribution in [0.3, 0.4) is 0 Å². The molecule has 37 heavy (non-hydrogen) atoms. The lowest BCUT2D eigenvalue weighted by atomic mass is 10.1. The molecule has 3 heterocycles. The van der Waals surface area contributed by atoms with Gasteiger partial charge in [-0.25, -0.2) is 9.97 Å². The quantitative estimate of drug-likeness (QED) is 0.272. The molecule has 3 aromatic heterocycles. The van der Waals surface area contributed by atoms with Crippen LogP contribution in [-0.4, -0.2) is 62.1 Å². The molecule has 0 aliphatic heterocycles. The van der Waals surface area contributed by atoms with Gasteiger partial charge in [-0.15, -0.1) is 11.3 Å². The number of aliphatic hydroxyl groups is 2. The number of anilines is 2. The Balaban J connectivity index is 1.53. The Morgan fingerprint density at radius 1 is 1.14 bits per heavy atom. The minimum atomic E-state index is -0.772. The molecule has 1 aliphatic carbocycles. The number of hydrogen-bond acceptors (Lipinski definition) is 10. The van der Waals surface area contributed by atoms with Gasteiger partial charge < -0.3 is 25.6 Å². The molecule has 0 saturated heterocycles. The number of benzene rings is 1. The minimum Gasteiger partial charge on any atom is -0.396 e. The number of pyridine rings is 1. The minimum absolute atomic E-state index is 0.00831. The Hall–Kier alpha value is -3.18. The highest BCUT2D eigenvalue weighted by Gasteiger charge is 2.43. The van der Waals surface area contributed by atoms with Crippen LogP contribution in [0.25, 0.3) is 20.8 Å². The second-order valence-electron chi connectivity index (χ2n) is 9.62. The molecule has 1 unspecified atom stereocenters. The normalized spacial score (nSPS) is 22.3. The van der Waals surface area contributed by atoms with E-state index in [0.29, 0.717) is 18.2 Å². The van der Waals surface area contributed by atoms with E-state index in [-0.39, 0.29) is 24.6 Å². The van der Waals surface area contributed by atoms with Gasteiger partial charge in [0.1, 0.15) is 22.4 Å². The third-order valence-corrected chi connectivity index (χ3v) is 8.07. The summed E-state index contributed by atoms with van der Waals surface area (Å²) in [6, 6.07) is 10.1. The molecule has 10 heteroatoms. The van der Waals surface area contributed by atoms with Crippen molar-refractivity contribution in [2.24, 2.45) is 5.92 Å². The fourth-order valence-corrected chi connectivity index (χ4v) is 5.96. The average molecular weight is 521 g/mol. The zero-order chi connectivity index (χ0) is 26.1. The van der Waals surface area contributed by atoms with Crippen LogP contribution in [0.1, 0.15) is 36.2 Å². The Bertz CT molecular complexity index is 1350. The van der Waals surface area contributed by atoms with Crippen molar-refractivity contribution >= 4 is 33.3 Å². The van der Waals surface area contributed by atoms with Crippen LogP contribution >= 0.6 is 11.3 Å². The molecule has 1 saturated carbocycles. The molecule has 0 spiro atoms. The summed E-state index contributed by atoms with van der Waals surface area (Å²) in [6.45, 7) is 5.98. The highest BCUT2D eigenvalue weighted by atomic mass is 32.1. The fourth-order valence-electron chi connectivity index (χ4n) is 4.93. The molecule has 9 nitrogen and oxygen atoms in total. The zero-order valence-corrected chi connectivity index (χ0v) is 22.2. The van der Waals surface area contributed by atoms with Gasteiger partial charge in [-0.1, -0.05) is 29.8 Å². The number of methoxy groups -OCH3 is 1. The van der Waals surface area contributed by atoms with E-state index >= 15 is 0 Å². The van der Waals surface area contributed by atoms with Gasteiger partial charge in [0.05, 0.1) is 40.3 Å². The van der Waals surface area contributed by atoms with Crippen molar-refractivity contribution in [3.63, 3.8) is 0 Å². The van der Waals surface area contributed by atoms with Gasteiger partial charge >= 0.3 is 0 Å². The number of aromatic nitrogens is 4. The second-order valence-corrected chi connectivity index (χ2v) is 10.6. The lowest BCUT2D eigenvalue weighted by molar-refractivity contribution is -0.0200. The second kappa shape index (κ2) is 10.7. The van der Waals surface area contributed by atoms with Crippen LogP contribution < -0.4 is 10.6 Å². The van der Waals surface area contributed by atoms with Crippen LogP contribution in [0.15, 0.2) is 42.7 Å². The van der Waals surface area contributed by atoms with Crippen molar-refractivity contribution in [2.75, 3.05) is 24.4 Å². The predicted molar refractivity (Wildman–Crippen MR) is 146 cm³/mol. The number of rotatable bonds is 8. The molecular formula is C27H32N6O3S. The fraction of sp³-hybridized carbons (Fsp3) is 0.407. The molecule has 5 atom stereocenters. The van der Waals surface area contributed by atoms with E-state index in [9.17, 15) is 10.2 Å². The summed E-state index contributed by atoms with van der Waals surface area (Å²) < 4.78 is 6.65. The van der Waals surface area contributed by atoms with Crippen molar-refractivity contribution in [1.82, 2.24) is 19.9 Å². The Morgan fingerprint density at radius 2 is 1.92 bits per heavy atom. The van der Waals surface area contributed by atoms with Crippen LogP contribution in [0.4, 0.5) is 11.8 Å². The molecule has 1 aromatic carbocycles. The molecule has 5 rings (SSSR count). The molecule has 4 aromatic rings. The third kappa shape index (κ3) is 5.15. The lowest BCUT2D eigenvalue weighted by Crippen LogP contribution is -2.37. The Labute approximate surface area is 220 Å². The summed E-state index contributed by atoms with van der Waals surface area (Å²) in [4.78, 5) is 18.7. The maximum Gasteiger partial charge on any atom is 0.225 e. The van der Waals surface area contributed by atoms with Crippen molar-refractivity contribution in [2.45, 2.75) is 51.5 Å². The molecular weight excluding hydrogens is 488 g/mol. The summed E-state index contributed by atoms with van der Waals surface area (Å²) in [5.74, 6) is 0.822. The van der Waals surface area contributed by atoms with Crippen LogP contribution in [0.2, 0.25) is 0 Å². The molecule has 194 valence electrons. The van der Waals surface area contributed by atoms with Crippen LogP contribution in [0.5, 0.6) is 0 Å². The summed E-state index contributed by atoms with van der Waals surface area (Å²) in [7, 11) is 1.57. The van der Waals surface area contributed by atoms with Gasteiger partial charge in [0.2, 0.25) is 5.95 Å². The highest BCUT2D eigenvalue weighted by molar-refractivity contribution is 7.21. The maximum absolute atomic E-state index is 10.7. The predicted octanol–water partition coefficient (Wildman–Crippen LogP) is 4.11. The first kappa shape index (κ1) is 25.5. The summed E-state index contributed by atoms with van der Waals surface area (Å²) in [6.07, 6.45) is 2.79. The van der Waals surface area contributed by atoms with E-state index in [1.165, 1.54) is 5.56 Å². The van der Waals surface area contributed by atoms with Crippen LogP contribution in [-0.2, 0) is 4.74 Å². The topological polar surface area (TPSA) is 125 Å².